The van der Waals surface area contributed by atoms with Crippen molar-refractivity contribution in [1.29, 1.82) is 0 Å². The molecule has 0 unspecified atom stereocenters. The summed E-state index contributed by atoms with van der Waals surface area (Å²) < 4.78 is 54.4. The van der Waals surface area contributed by atoms with E-state index in [9.17, 15) is 17.2 Å². The molecular weight excluding hydrogens is 410 g/mol. The molecule has 1 aliphatic heterocycles. The highest BCUT2D eigenvalue weighted by atomic mass is 32.2. The number of halogens is 2. The quantitative estimate of drug-likeness (QED) is 0.599. The highest BCUT2D eigenvalue weighted by molar-refractivity contribution is 7.92. The van der Waals surface area contributed by atoms with Gasteiger partial charge in [-0.05, 0) is 68.2 Å². The van der Waals surface area contributed by atoms with Gasteiger partial charge in [0.05, 0.1) is 15.8 Å². The molecule has 1 aliphatic rings. The molecule has 6 nitrogen and oxygen atoms in total. The lowest BCUT2D eigenvalue weighted by Gasteiger charge is -2.31. The SMILES string of the molecule is O=S(=O)(c1ccc(-n2cncn2)cc1)C1CCN(CCc2ccc(F)cc2F)CC1. The molecule has 30 heavy (non-hydrogen) atoms. The van der Waals surface area contributed by atoms with Gasteiger partial charge in [-0.1, -0.05) is 6.07 Å². The standard InChI is InChI=1S/C21H22F2N4O2S/c22-17-2-1-16(21(23)13-17)7-10-26-11-8-20(9-12-26)30(28,29)19-5-3-18(4-6-19)27-15-24-14-25-27/h1-6,13-15,20H,7-12H2. The molecule has 0 radical (unpaired) electrons. The molecular formula is C21H22F2N4O2S. The third-order valence-electron chi connectivity index (χ3n) is 5.53. The van der Waals surface area contributed by atoms with Crippen molar-refractivity contribution in [2.75, 3.05) is 19.6 Å². The zero-order valence-corrected chi connectivity index (χ0v) is 17.1. The normalized spacial score (nSPS) is 16.1. The first kappa shape index (κ1) is 20.6. The number of aromatic nitrogens is 3. The van der Waals surface area contributed by atoms with Crippen LogP contribution in [0.4, 0.5) is 8.78 Å². The van der Waals surface area contributed by atoms with Crippen LogP contribution in [0, 0.1) is 11.6 Å². The van der Waals surface area contributed by atoms with E-state index in [1.807, 2.05) is 0 Å². The highest BCUT2D eigenvalue weighted by Gasteiger charge is 2.31. The zero-order valence-electron chi connectivity index (χ0n) is 16.3. The maximum Gasteiger partial charge on any atom is 0.181 e. The molecule has 1 fully saturated rings. The second-order valence-electron chi connectivity index (χ2n) is 7.41. The van der Waals surface area contributed by atoms with Crippen molar-refractivity contribution in [3.63, 3.8) is 0 Å². The Labute approximate surface area is 174 Å². The lowest BCUT2D eigenvalue weighted by atomic mass is 10.1. The number of hydrogen-bond donors (Lipinski definition) is 0. The Kier molecular flexibility index (Phi) is 5.92. The molecule has 9 heteroatoms. The van der Waals surface area contributed by atoms with Crippen molar-refractivity contribution >= 4 is 9.84 Å². The number of piperidine rings is 1. The van der Waals surface area contributed by atoms with Crippen molar-refractivity contribution in [2.24, 2.45) is 0 Å². The van der Waals surface area contributed by atoms with Crippen LogP contribution in [0.2, 0.25) is 0 Å². The average molecular weight is 432 g/mol. The fourth-order valence-electron chi connectivity index (χ4n) is 3.77. The fourth-order valence-corrected chi connectivity index (χ4v) is 5.50. The molecule has 158 valence electrons. The van der Waals surface area contributed by atoms with E-state index < -0.39 is 26.7 Å². The molecule has 0 spiro atoms. The van der Waals surface area contributed by atoms with Crippen LogP contribution in [-0.4, -0.2) is 53.0 Å². The Hall–Kier alpha value is -2.65. The van der Waals surface area contributed by atoms with E-state index in [0.717, 1.165) is 11.8 Å². The van der Waals surface area contributed by atoms with Crippen LogP contribution in [0.25, 0.3) is 5.69 Å². The van der Waals surface area contributed by atoms with Gasteiger partial charge in [0, 0.05) is 12.6 Å². The molecule has 0 aliphatic carbocycles. The van der Waals surface area contributed by atoms with Crippen molar-refractivity contribution in [3.8, 4) is 5.69 Å². The Morgan fingerprint density at radius 3 is 2.40 bits per heavy atom. The van der Waals surface area contributed by atoms with Crippen molar-refractivity contribution in [3.05, 3.63) is 72.3 Å². The average Bonchev–Trinajstić information content (AvgIpc) is 3.28. The first-order valence-electron chi connectivity index (χ1n) is 9.79. The largest absolute Gasteiger partial charge is 0.303 e. The van der Waals surface area contributed by atoms with E-state index in [0.29, 0.717) is 49.4 Å². The van der Waals surface area contributed by atoms with Gasteiger partial charge in [0.2, 0.25) is 0 Å². The van der Waals surface area contributed by atoms with Gasteiger partial charge in [0.25, 0.3) is 0 Å². The molecule has 0 saturated carbocycles. The summed E-state index contributed by atoms with van der Waals surface area (Å²) >= 11 is 0. The Bertz CT molecular complexity index is 1090. The molecule has 2 heterocycles. The van der Waals surface area contributed by atoms with Gasteiger partial charge in [0.1, 0.15) is 24.3 Å². The Morgan fingerprint density at radius 2 is 1.77 bits per heavy atom. The summed E-state index contributed by atoms with van der Waals surface area (Å²) in [5.41, 5.74) is 1.22. The van der Waals surface area contributed by atoms with Crippen LogP contribution in [-0.2, 0) is 16.3 Å². The summed E-state index contributed by atoms with van der Waals surface area (Å²) in [5, 5.41) is 3.60. The van der Waals surface area contributed by atoms with Gasteiger partial charge in [0.15, 0.2) is 9.84 Å². The predicted molar refractivity (Wildman–Crippen MR) is 108 cm³/mol. The van der Waals surface area contributed by atoms with Gasteiger partial charge in [-0.15, -0.1) is 0 Å². The Morgan fingerprint density at radius 1 is 1.03 bits per heavy atom. The van der Waals surface area contributed by atoms with E-state index in [2.05, 4.69) is 15.0 Å². The number of benzene rings is 2. The van der Waals surface area contributed by atoms with E-state index in [-0.39, 0.29) is 0 Å². The number of sulfone groups is 1. The van der Waals surface area contributed by atoms with Gasteiger partial charge < -0.3 is 4.90 Å². The number of nitrogens with zero attached hydrogens (tertiary/aromatic N) is 4. The highest BCUT2D eigenvalue weighted by Crippen LogP contribution is 2.25. The van der Waals surface area contributed by atoms with E-state index >= 15 is 0 Å². The van der Waals surface area contributed by atoms with Crippen molar-refractivity contribution < 1.29 is 17.2 Å². The fraction of sp³-hybridized carbons (Fsp3) is 0.333. The monoisotopic (exact) mass is 432 g/mol. The minimum absolute atomic E-state index is 0.304. The van der Waals surface area contributed by atoms with E-state index in [4.69, 9.17) is 0 Å². The lowest BCUT2D eigenvalue weighted by Crippen LogP contribution is -2.40. The summed E-state index contributed by atoms with van der Waals surface area (Å²) in [7, 11) is -3.42. The van der Waals surface area contributed by atoms with Gasteiger partial charge in [-0.25, -0.2) is 26.9 Å². The number of likely N-dealkylation sites (tertiary alicyclic amines) is 1. The second-order valence-corrected chi connectivity index (χ2v) is 9.63. The van der Waals surface area contributed by atoms with Crippen LogP contribution in [0.5, 0.6) is 0 Å². The zero-order chi connectivity index (χ0) is 21.1. The molecule has 0 atom stereocenters. The number of rotatable bonds is 6. The topological polar surface area (TPSA) is 68.1 Å². The maximum atomic E-state index is 13.8. The second kappa shape index (κ2) is 8.61. The molecule has 3 aromatic rings. The third-order valence-corrected chi connectivity index (χ3v) is 7.81. The van der Waals surface area contributed by atoms with Crippen LogP contribution in [0.1, 0.15) is 18.4 Å². The molecule has 0 N–H and O–H groups in total. The smallest absolute Gasteiger partial charge is 0.181 e. The summed E-state index contributed by atoms with van der Waals surface area (Å²) in [6.45, 7) is 1.87. The molecule has 1 aromatic heterocycles. The van der Waals surface area contributed by atoms with Crippen LogP contribution in [0.15, 0.2) is 60.0 Å². The first-order chi connectivity index (χ1) is 14.4. The summed E-state index contributed by atoms with van der Waals surface area (Å²) in [4.78, 5) is 6.32. The molecule has 1 saturated heterocycles. The summed E-state index contributed by atoms with van der Waals surface area (Å²) in [5.74, 6) is -1.13. The van der Waals surface area contributed by atoms with Crippen LogP contribution < -0.4 is 0 Å². The van der Waals surface area contributed by atoms with Crippen molar-refractivity contribution in [2.45, 2.75) is 29.4 Å². The molecule has 4 rings (SSSR count). The summed E-state index contributed by atoms with van der Waals surface area (Å²) in [6.07, 6.45) is 4.49. The van der Waals surface area contributed by atoms with E-state index in [1.165, 1.54) is 18.5 Å². The maximum absolute atomic E-state index is 13.8. The first-order valence-corrected chi connectivity index (χ1v) is 11.3. The minimum atomic E-state index is -3.42. The predicted octanol–water partition coefficient (Wildman–Crippen LogP) is 3.03. The van der Waals surface area contributed by atoms with Gasteiger partial charge >= 0.3 is 0 Å². The van der Waals surface area contributed by atoms with Crippen LogP contribution >= 0.6 is 0 Å². The molecule has 0 amide bonds. The van der Waals surface area contributed by atoms with Gasteiger partial charge in [-0.3, -0.25) is 0 Å². The number of hydrogen-bond acceptors (Lipinski definition) is 5. The molecule has 0 bridgehead atoms. The third kappa shape index (κ3) is 4.41. The summed E-state index contributed by atoms with van der Waals surface area (Å²) in [6, 6.07) is 10.3. The Balaban J connectivity index is 1.34. The minimum Gasteiger partial charge on any atom is -0.303 e. The van der Waals surface area contributed by atoms with Gasteiger partial charge in [-0.2, -0.15) is 5.10 Å². The molecule has 2 aromatic carbocycles. The van der Waals surface area contributed by atoms with E-state index in [1.54, 1.807) is 35.3 Å². The van der Waals surface area contributed by atoms with Crippen molar-refractivity contribution in [1.82, 2.24) is 19.7 Å². The van der Waals surface area contributed by atoms with Crippen LogP contribution in [0.3, 0.4) is 0 Å². The lowest BCUT2D eigenvalue weighted by molar-refractivity contribution is 0.232.